The summed E-state index contributed by atoms with van der Waals surface area (Å²) in [5.74, 6) is 0. The van der Waals surface area contributed by atoms with Crippen molar-refractivity contribution in [2.45, 2.75) is 53.2 Å². The van der Waals surface area contributed by atoms with Crippen molar-refractivity contribution in [3.8, 4) is 0 Å². The number of nitrogens with one attached hydrogen (secondary N) is 1. The number of likely N-dealkylation sites (N-methyl/N-ethyl adjacent to an activating group) is 1. The highest BCUT2D eigenvalue weighted by Crippen LogP contribution is 2.18. The zero-order chi connectivity index (χ0) is 14.5. The molecular weight excluding hydrogens is 250 g/mol. The Bertz CT molecular complexity index is 507. The number of hydrogen-bond acceptors (Lipinski definition) is 3. The predicted molar refractivity (Wildman–Crippen MR) is 83.0 cm³/mol. The van der Waals surface area contributed by atoms with Crippen LogP contribution in [0.1, 0.15) is 44.0 Å². The Morgan fingerprint density at radius 2 is 2.05 bits per heavy atom. The first-order valence-electron chi connectivity index (χ1n) is 7.88. The average Bonchev–Trinajstić information content (AvgIpc) is 2.47. The summed E-state index contributed by atoms with van der Waals surface area (Å²) in [6.45, 7) is 12.0. The van der Waals surface area contributed by atoms with E-state index in [1.165, 1.54) is 11.3 Å². The van der Waals surface area contributed by atoms with E-state index in [-0.39, 0.29) is 5.56 Å². The summed E-state index contributed by atoms with van der Waals surface area (Å²) in [6.07, 6.45) is 2.09. The van der Waals surface area contributed by atoms with E-state index in [1.54, 1.807) is 0 Å². The fourth-order valence-corrected chi connectivity index (χ4v) is 2.97. The predicted octanol–water partition coefficient (Wildman–Crippen LogP) is 1.75. The highest BCUT2D eigenvalue weighted by Gasteiger charge is 2.20. The molecule has 0 amide bonds. The molecule has 1 N–H and O–H groups in total. The SMILES string of the molecule is CCCNCc1cc2c(n(CC)c1=O)CCN(CC)C2. The first kappa shape index (κ1) is 15.3. The molecule has 1 aliphatic heterocycles. The minimum atomic E-state index is 0.194. The van der Waals surface area contributed by atoms with Crippen LogP contribution in [0.3, 0.4) is 0 Å². The Morgan fingerprint density at radius 1 is 1.25 bits per heavy atom. The van der Waals surface area contributed by atoms with Crippen LogP contribution in [0.5, 0.6) is 0 Å². The van der Waals surface area contributed by atoms with Crippen LogP contribution in [-0.4, -0.2) is 29.1 Å². The topological polar surface area (TPSA) is 37.3 Å². The standard InChI is InChI=1S/C16H27N3O/c1-4-8-17-11-13-10-14-12-18(5-2)9-7-15(14)19(6-3)16(13)20/h10,17H,4-9,11-12H2,1-3H3. The third-order valence-electron chi connectivity index (χ3n) is 4.13. The van der Waals surface area contributed by atoms with Gasteiger partial charge in [-0.05, 0) is 38.1 Å². The maximum Gasteiger partial charge on any atom is 0.255 e. The molecule has 4 nitrogen and oxygen atoms in total. The molecular formula is C16H27N3O. The smallest absolute Gasteiger partial charge is 0.255 e. The summed E-state index contributed by atoms with van der Waals surface area (Å²) >= 11 is 0. The van der Waals surface area contributed by atoms with E-state index < -0.39 is 0 Å². The zero-order valence-electron chi connectivity index (χ0n) is 13.0. The van der Waals surface area contributed by atoms with Gasteiger partial charge in [0.1, 0.15) is 0 Å². The molecule has 2 rings (SSSR count). The van der Waals surface area contributed by atoms with Gasteiger partial charge in [-0.25, -0.2) is 0 Å². The minimum absolute atomic E-state index is 0.194. The van der Waals surface area contributed by atoms with Crippen LogP contribution in [0.15, 0.2) is 10.9 Å². The van der Waals surface area contributed by atoms with Crippen LogP contribution in [0.4, 0.5) is 0 Å². The Balaban J connectivity index is 2.32. The van der Waals surface area contributed by atoms with Crippen molar-refractivity contribution in [1.82, 2.24) is 14.8 Å². The number of rotatable bonds is 6. The molecule has 0 unspecified atom stereocenters. The molecule has 0 atom stereocenters. The third-order valence-corrected chi connectivity index (χ3v) is 4.13. The Morgan fingerprint density at radius 3 is 2.70 bits per heavy atom. The molecule has 0 saturated heterocycles. The lowest BCUT2D eigenvalue weighted by atomic mass is 10.0. The maximum absolute atomic E-state index is 12.5. The highest BCUT2D eigenvalue weighted by molar-refractivity contribution is 5.29. The second-order valence-electron chi connectivity index (χ2n) is 5.49. The molecule has 0 fully saturated rings. The zero-order valence-corrected chi connectivity index (χ0v) is 13.0. The number of pyridine rings is 1. The van der Waals surface area contributed by atoms with E-state index in [0.717, 1.165) is 51.1 Å². The first-order chi connectivity index (χ1) is 9.71. The van der Waals surface area contributed by atoms with Crippen molar-refractivity contribution in [3.63, 3.8) is 0 Å². The quantitative estimate of drug-likeness (QED) is 0.805. The molecule has 4 heteroatoms. The molecule has 0 aromatic carbocycles. The van der Waals surface area contributed by atoms with E-state index >= 15 is 0 Å². The molecule has 1 aromatic heterocycles. The van der Waals surface area contributed by atoms with E-state index in [0.29, 0.717) is 6.54 Å². The van der Waals surface area contributed by atoms with Gasteiger partial charge in [-0.2, -0.15) is 0 Å². The van der Waals surface area contributed by atoms with Crippen LogP contribution < -0.4 is 10.9 Å². The molecule has 2 heterocycles. The van der Waals surface area contributed by atoms with Gasteiger partial charge in [0.25, 0.3) is 5.56 Å². The monoisotopic (exact) mass is 277 g/mol. The van der Waals surface area contributed by atoms with Crippen LogP contribution in [0.25, 0.3) is 0 Å². The van der Waals surface area contributed by atoms with Gasteiger partial charge in [0.15, 0.2) is 0 Å². The van der Waals surface area contributed by atoms with Gasteiger partial charge < -0.3 is 9.88 Å². The van der Waals surface area contributed by atoms with Crippen LogP contribution >= 0.6 is 0 Å². The summed E-state index contributed by atoms with van der Waals surface area (Å²) in [6, 6.07) is 2.13. The van der Waals surface area contributed by atoms with E-state index in [1.807, 2.05) is 4.57 Å². The molecule has 20 heavy (non-hydrogen) atoms. The Hall–Kier alpha value is -1.13. The van der Waals surface area contributed by atoms with Crippen molar-refractivity contribution in [3.05, 3.63) is 33.2 Å². The van der Waals surface area contributed by atoms with Gasteiger partial charge >= 0.3 is 0 Å². The number of fused-ring (bicyclic) bond motifs is 1. The fraction of sp³-hybridized carbons (Fsp3) is 0.688. The summed E-state index contributed by atoms with van der Waals surface area (Å²) in [5, 5.41) is 3.35. The van der Waals surface area contributed by atoms with Crippen molar-refractivity contribution in [2.75, 3.05) is 19.6 Å². The van der Waals surface area contributed by atoms with Gasteiger partial charge in [-0.15, -0.1) is 0 Å². The van der Waals surface area contributed by atoms with Crippen molar-refractivity contribution >= 4 is 0 Å². The van der Waals surface area contributed by atoms with Crippen molar-refractivity contribution in [2.24, 2.45) is 0 Å². The van der Waals surface area contributed by atoms with E-state index in [9.17, 15) is 4.79 Å². The molecule has 0 saturated carbocycles. The van der Waals surface area contributed by atoms with Gasteiger partial charge in [0.05, 0.1) is 0 Å². The molecule has 0 spiro atoms. The Labute approximate surface area is 121 Å². The molecule has 0 aliphatic carbocycles. The fourth-order valence-electron chi connectivity index (χ4n) is 2.97. The van der Waals surface area contributed by atoms with Gasteiger partial charge in [-0.1, -0.05) is 13.8 Å². The molecule has 1 aromatic rings. The second-order valence-corrected chi connectivity index (χ2v) is 5.49. The molecule has 1 aliphatic rings. The van der Waals surface area contributed by atoms with Crippen molar-refractivity contribution in [1.29, 1.82) is 0 Å². The number of aromatic nitrogens is 1. The molecule has 0 radical (unpaired) electrons. The summed E-state index contributed by atoms with van der Waals surface area (Å²) < 4.78 is 1.98. The lowest BCUT2D eigenvalue weighted by Crippen LogP contribution is -2.37. The maximum atomic E-state index is 12.5. The first-order valence-corrected chi connectivity index (χ1v) is 7.88. The number of nitrogens with zero attached hydrogens (tertiary/aromatic N) is 2. The minimum Gasteiger partial charge on any atom is -0.312 e. The lowest BCUT2D eigenvalue weighted by Gasteiger charge is -2.30. The summed E-state index contributed by atoms with van der Waals surface area (Å²) in [5.41, 5.74) is 3.70. The normalized spacial score (nSPS) is 15.3. The molecule has 0 bridgehead atoms. The van der Waals surface area contributed by atoms with E-state index in [4.69, 9.17) is 0 Å². The lowest BCUT2D eigenvalue weighted by molar-refractivity contribution is 0.261. The van der Waals surface area contributed by atoms with Crippen LogP contribution in [0.2, 0.25) is 0 Å². The van der Waals surface area contributed by atoms with Gasteiger partial charge in [0, 0.05) is 43.9 Å². The van der Waals surface area contributed by atoms with Crippen LogP contribution in [0, 0.1) is 0 Å². The second kappa shape index (κ2) is 7.04. The van der Waals surface area contributed by atoms with Gasteiger partial charge in [-0.3, -0.25) is 9.69 Å². The number of hydrogen-bond donors (Lipinski definition) is 1. The average molecular weight is 277 g/mol. The van der Waals surface area contributed by atoms with E-state index in [2.05, 4.69) is 37.1 Å². The largest absolute Gasteiger partial charge is 0.312 e. The van der Waals surface area contributed by atoms with Gasteiger partial charge in [0.2, 0.25) is 0 Å². The van der Waals surface area contributed by atoms with Crippen molar-refractivity contribution < 1.29 is 0 Å². The highest BCUT2D eigenvalue weighted by atomic mass is 16.1. The Kier molecular flexibility index (Phi) is 5.38. The third kappa shape index (κ3) is 3.13. The molecule has 112 valence electrons. The van der Waals surface area contributed by atoms with Crippen LogP contribution in [-0.2, 0) is 26.1 Å². The summed E-state index contributed by atoms with van der Waals surface area (Å²) in [7, 11) is 0. The summed E-state index contributed by atoms with van der Waals surface area (Å²) in [4.78, 5) is 15.0.